The van der Waals surface area contributed by atoms with Gasteiger partial charge in [-0.05, 0) is 0 Å². The van der Waals surface area contributed by atoms with Crippen molar-refractivity contribution in [3.8, 4) is 0 Å². The third-order valence-corrected chi connectivity index (χ3v) is 3.67. The van der Waals surface area contributed by atoms with Crippen LogP contribution >= 0.6 is 0 Å². The molecule has 0 bridgehead atoms. The van der Waals surface area contributed by atoms with Crippen LogP contribution in [-0.2, 0) is 0 Å². The summed E-state index contributed by atoms with van der Waals surface area (Å²) in [5, 5.41) is 0. The zero-order valence-electron chi connectivity index (χ0n) is 3.78. The number of rotatable bonds is 1. The Balaban J connectivity index is 2.54. The molecule has 2 heteroatoms. The quantitative estimate of drug-likeness (QED) is 0.424. The van der Waals surface area contributed by atoms with Crippen LogP contribution in [0.5, 0.6) is 0 Å². The van der Waals surface area contributed by atoms with Crippen LogP contribution < -0.4 is 0 Å². The van der Waals surface area contributed by atoms with Crippen molar-refractivity contribution in [1.29, 1.82) is 0 Å². The van der Waals surface area contributed by atoms with Crippen molar-refractivity contribution in [3.63, 3.8) is 0 Å². The third kappa shape index (κ3) is 4.43. The smallest absolute Gasteiger partial charge is 0.0272 e. The summed E-state index contributed by atoms with van der Waals surface area (Å²) < 4.78 is 0. The van der Waals surface area contributed by atoms with Crippen molar-refractivity contribution in [1.82, 2.24) is 0 Å². The zero-order chi connectivity index (χ0) is 4.28. The van der Waals surface area contributed by atoms with Gasteiger partial charge in [0.15, 0.2) is 0 Å². The minimum absolute atomic E-state index is 0.236. The van der Waals surface area contributed by atoms with E-state index >= 15 is 0 Å². The summed E-state index contributed by atoms with van der Waals surface area (Å²) in [5.41, 5.74) is 1.25. The molecule has 0 saturated carbocycles. The van der Waals surface area contributed by atoms with Gasteiger partial charge in [0.05, 0.1) is 0 Å². The van der Waals surface area contributed by atoms with Crippen LogP contribution in [0, 0.1) is 0 Å². The Morgan fingerprint density at radius 3 is 1.80 bits per heavy atom. The fraction of sp³-hybridized carbons (Fsp3) is 1.00. The van der Waals surface area contributed by atoms with Crippen molar-refractivity contribution in [2.24, 2.45) is 0 Å². The normalized spacial score (nSPS) is 9.60. The predicted octanol–water partition coefficient (Wildman–Crippen LogP) is 0.599. The first-order valence-electron chi connectivity index (χ1n) is 1.92. The Morgan fingerprint density at radius 1 is 1.60 bits per heavy atom. The van der Waals surface area contributed by atoms with Gasteiger partial charge in [-0.25, -0.2) is 0 Å². The van der Waals surface area contributed by atoms with Gasteiger partial charge < -0.3 is 0 Å². The molecule has 0 rings (SSSR count). The summed E-state index contributed by atoms with van der Waals surface area (Å²) in [6.07, 6.45) is 0. The Morgan fingerprint density at radius 2 is 1.80 bits per heavy atom. The highest BCUT2D eigenvalue weighted by Gasteiger charge is 1.83. The molecule has 0 spiro atoms. The molecular weight excluding hydrogens is 92.2 g/mol. The summed E-state index contributed by atoms with van der Waals surface area (Å²) in [7, 11) is 3.18. The second-order valence-corrected chi connectivity index (χ2v) is 6.02. The van der Waals surface area contributed by atoms with Crippen LogP contribution in [0.2, 0.25) is 18.8 Å². The van der Waals surface area contributed by atoms with E-state index in [1.807, 2.05) is 0 Å². The van der Waals surface area contributed by atoms with Gasteiger partial charge in [0.2, 0.25) is 0 Å². The molecule has 0 aromatic carbocycles. The van der Waals surface area contributed by atoms with Crippen molar-refractivity contribution >= 4 is 19.0 Å². The van der Waals surface area contributed by atoms with Crippen molar-refractivity contribution in [2.75, 3.05) is 0 Å². The molecule has 0 atom stereocenters. The average Bonchev–Trinajstić information content (AvgIpc) is 1.38. The minimum Gasteiger partial charge on any atom is -0.0724 e. The van der Waals surface area contributed by atoms with E-state index < -0.39 is 0 Å². The van der Waals surface area contributed by atoms with E-state index in [4.69, 9.17) is 0 Å². The number of hydrogen-bond donors (Lipinski definition) is 0. The van der Waals surface area contributed by atoms with Gasteiger partial charge in [-0.1, -0.05) is 18.8 Å². The van der Waals surface area contributed by atoms with Crippen LogP contribution in [0.1, 0.15) is 0 Å². The molecule has 0 amide bonds. The zero-order valence-corrected chi connectivity index (χ0v) is 5.94. The van der Waals surface area contributed by atoms with Crippen LogP contribution in [0.15, 0.2) is 0 Å². The van der Waals surface area contributed by atoms with Crippen LogP contribution in [0.25, 0.3) is 0 Å². The van der Waals surface area contributed by atoms with Gasteiger partial charge >= 0.3 is 0 Å². The highest BCUT2D eigenvalue weighted by molar-refractivity contribution is 6.62. The molecule has 0 aliphatic heterocycles. The van der Waals surface area contributed by atoms with Gasteiger partial charge in [-0.3, -0.25) is 0 Å². The monoisotopic (exact) mass is 101 g/mol. The van der Waals surface area contributed by atoms with Gasteiger partial charge in [0, 0.05) is 19.0 Å². The lowest BCUT2D eigenvalue weighted by molar-refractivity contribution is 1.83. The molecule has 0 nitrogen and oxygen atoms in total. The van der Waals surface area contributed by atoms with Gasteiger partial charge in [0.25, 0.3) is 0 Å². The maximum Gasteiger partial charge on any atom is 0.0272 e. The summed E-state index contributed by atoms with van der Waals surface area (Å²) >= 11 is 0. The Kier molecular flexibility index (Phi) is 2.89. The lowest BCUT2D eigenvalue weighted by Crippen LogP contribution is -1.95. The highest BCUT2D eigenvalue weighted by Crippen LogP contribution is 1.79. The van der Waals surface area contributed by atoms with E-state index in [1.54, 1.807) is 0 Å². The summed E-state index contributed by atoms with van der Waals surface area (Å²) in [4.78, 5) is 0. The van der Waals surface area contributed by atoms with Gasteiger partial charge in [-0.15, -0.1) is 0 Å². The molecule has 0 heterocycles. The topological polar surface area (TPSA) is 0 Å². The molecule has 0 N–H and O–H groups in total. The Hall–Kier alpha value is 0.434. The van der Waals surface area contributed by atoms with Crippen molar-refractivity contribution < 1.29 is 0 Å². The molecule has 0 aromatic heterocycles. The third-order valence-electron chi connectivity index (χ3n) is 0.408. The fourth-order valence-electron chi connectivity index (χ4n) is 0. The summed E-state index contributed by atoms with van der Waals surface area (Å²) in [6.45, 7) is 4.62. The first-order valence-corrected chi connectivity index (χ1v) is 5.75. The largest absolute Gasteiger partial charge is 0.0724 e. The van der Waals surface area contributed by atoms with Crippen LogP contribution in [0.4, 0.5) is 0 Å². The molecule has 0 aliphatic carbocycles. The predicted molar refractivity (Wildman–Crippen MR) is 29.4 cm³/mol. The van der Waals surface area contributed by atoms with E-state index in [2.05, 4.69) is 23.3 Å². The van der Waals surface area contributed by atoms with E-state index in [-0.39, 0.29) is 8.80 Å². The lowest BCUT2D eigenvalue weighted by Gasteiger charge is -1.87. The SMILES string of the molecule is C[SiH](C)C[Si]. The molecule has 29 valence electrons. The van der Waals surface area contributed by atoms with E-state index in [1.165, 1.54) is 5.67 Å². The summed E-state index contributed by atoms with van der Waals surface area (Å²) in [6, 6.07) is 0. The standard InChI is InChI=1S/C3H9Si2/c1-5(2)3-4/h5H,3H2,1-2H3. The lowest BCUT2D eigenvalue weighted by atomic mass is 11.8. The molecule has 0 unspecified atom stereocenters. The van der Waals surface area contributed by atoms with E-state index in [0.717, 1.165) is 0 Å². The second-order valence-electron chi connectivity index (χ2n) is 1.60. The Labute approximate surface area is 38.6 Å². The second kappa shape index (κ2) is 2.66. The molecule has 0 aliphatic rings. The van der Waals surface area contributed by atoms with E-state index in [9.17, 15) is 0 Å². The highest BCUT2D eigenvalue weighted by atomic mass is 28.3. The molecule has 0 aromatic rings. The molecule has 5 heavy (non-hydrogen) atoms. The Bertz CT molecular complexity index is 18.9. The summed E-state index contributed by atoms with van der Waals surface area (Å²) in [5.74, 6) is 0. The molecule has 0 saturated heterocycles. The van der Waals surface area contributed by atoms with Crippen molar-refractivity contribution in [2.45, 2.75) is 18.8 Å². The first kappa shape index (κ1) is 5.43. The first-order chi connectivity index (χ1) is 2.27. The van der Waals surface area contributed by atoms with E-state index in [0.29, 0.717) is 0 Å². The van der Waals surface area contributed by atoms with Gasteiger partial charge in [-0.2, -0.15) is 0 Å². The fourth-order valence-corrected chi connectivity index (χ4v) is 0. The van der Waals surface area contributed by atoms with Crippen LogP contribution in [0.3, 0.4) is 0 Å². The van der Waals surface area contributed by atoms with Crippen LogP contribution in [-0.4, -0.2) is 19.0 Å². The number of hydrogen-bond acceptors (Lipinski definition) is 0. The van der Waals surface area contributed by atoms with Gasteiger partial charge in [0.1, 0.15) is 0 Å². The molecule has 0 fully saturated rings. The minimum atomic E-state index is -0.236. The maximum absolute atomic E-state index is 3.42. The average molecular weight is 101 g/mol. The molecule has 3 radical (unpaired) electrons. The maximum atomic E-state index is 3.42. The molecular formula is C3H9Si2. The van der Waals surface area contributed by atoms with Crippen molar-refractivity contribution in [3.05, 3.63) is 0 Å².